The Morgan fingerprint density at radius 3 is 2.21 bits per heavy atom. The minimum absolute atomic E-state index is 0.0371. The largest absolute Gasteiger partial charge is 0.488 e. The van der Waals surface area contributed by atoms with E-state index in [-0.39, 0.29) is 12.1 Å². The van der Waals surface area contributed by atoms with Gasteiger partial charge >= 0.3 is 6.18 Å². The highest BCUT2D eigenvalue weighted by molar-refractivity contribution is 5.91. The molecule has 0 aliphatic carbocycles. The van der Waals surface area contributed by atoms with Crippen LogP contribution in [0.3, 0.4) is 0 Å². The average Bonchev–Trinajstić information content (AvgIpc) is 2.78. The molecule has 7 heteroatoms. The Hall–Kier alpha value is -2.28. The van der Waals surface area contributed by atoms with Crippen LogP contribution in [0.2, 0.25) is 0 Å². The van der Waals surface area contributed by atoms with Gasteiger partial charge in [-0.15, -0.1) is 0 Å². The molecule has 2 aromatic carbocycles. The van der Waals surface area contributed by atoms with Crippen LogP contribution in [0.15, 0.2) is 36.4 Å². The van der Waals surface area contributed by atoms with Crippen LogP contribution in [-0.2, 0) is 4.79 Å². The maximum Gasteiger partial charge on any atom is 0.409 e. The molecule has 0 spiro atoms. The third-order valence-electron chi connectivity index (χ3n) is 4.67. The van der Waals surface area contributed by atoms with Gasteiger partial charge in [-0.2, -0.15) is 13.2 Å². The number of ether oxygens (including phenoxy) is 1. The minimum Gasteiger partial charge on any atom is -0.488 e. The number of fused-ring (bicyclic) bond motifs is 1. The summed E-state index contributed by atoms with van der Waals surface area (Å²) in [5, 5.41) is 2.05. The smallest absolute Gasteiger partial charge is 0.409 e. The van der Waals surface area contributed by atoms with Gasteiger partial charge in [0.2, 0.25) is 5.91 Å². The van der Waals surface area contributed by atoms with Crippen LogP contribution >= 0.6 is 0 Å². The third-order valence-corrected chi connectivity index (χ3v) is 4.67. The zero-order valence-electron chi connectivity index (χ0n) is 16.6. The second-order valence-electron chi connectivity index (χ2n) is 8.81. The number of nitrogens with one attached hydrogen (secondary N) is 1. The second-order valence-corrected chi connectivity index (χ2v) is 8.81. The molecule has 1 amide bonds. The summed E-state index contributed by atoms with van der Waals surface area (Å²) in [6.07, 6.45) is -4.57. The molecule has 1 aliphatic rings. The highest BCUT2D eigenvalue weighted by Crippen LogP contribution is 2.43. The predicted octanol–water partition coefficient (Wildman–Crippen LogP) is 4.99. The summed E-state index contributed by atoms with van der Waals surface area (Å²) in [7, 11) is 0. The molecule has 1 fully saturated rings. The Bertz CT molecular complexity index is 901. The summed E-state index contributed by atoms with van der Waals surface area (Å²) < 4.78 is 48.3. The van der Waals surface area contributed by atoms with E-state index in [1.807, 2.05) is 20.8 Å². The summed E-state index contributed by atoms with van der Waals surface area (Å²) in [6, 6.07) is 7.94. The van der Waals surface area contributed by atoms with E-state index in [9.17, 15) is 18.0 Å². The maximum absolute atomic E-state index is 14.1. The lowest BCUT2D eigenvalue weighted by molar-refractivity contribution is -0.191. The summed E-state index contributed by atoms with van der Waals surface area (Å²) in [5.41, 5.74) is 1.12. The van der Waals surface area contributed by atoms with Crippen molar-refractivity contribution in [2.24, 2.45) is 5.41 Å². The number of halogens is 3. The van der Waals surface area contributed by atoms with Crippen LogP contribution in [0.1, 0.15) is 46.2 Å². The molecule has 1 saturated heterocycles. The lowest BCUT2D eigenvalue weighted by Crippen LogP contribution is -2.43. The molecule has 4 nitrogen and oxygen atoms in total. The van der Waals surface area contributed by atoms with Crippen molar-refractivity contribution in [2.75, 3.05) is 6.54 Å². The number of hydrazine groups is 1. The average molecular weight is 394 g/mol. The molecule has 3 rings (SSSR count). The summed E-state index contributed by atoms with van der Waals surface area (Å²) in [5.74, 6) is 0.109. The molecule has 0 radical (unpaired) electrons. The van der Waals surface area contributed by atoms with E-state index < -0.39 is 29.1 Å². The number of carbonyl (C=O) groups is 1. The van der Waals surface area contributed by atoms with Gasteiger partial charge in [0.1, 0.15) is 11.4 Å². The fourth-order valence-corrected chi connectivity index (χ4v) is 3.46. The van der Waals surface area contributed by atoms with Crippen molar-refractivity contribution in [1.82, 2.24) is 10.4 Å². The van der Waals surface area contributed by atoms with E-state index in [0.29, 0.717) is 16.5 Å². The molecular weight excluding hydrogens is 369 g/mol. The van der Waals surface area contributed by atoms with Crippen molar-refractivity contribution in [3.8, 4) is 5.75 Å². The van der Waals surface area contributed by atoms with Crippen LogP contribution < -0.4 is 10.2 Å². The van der Waals surface area contributed by atoms with Crippen molar-refractivity contribution < 1.29 is 22.7 Å². The zero-order chi connectivity index (χ0) is 20.9. The van der Waals surface area contributed by atoms with Gasteiger partial charge in [0.05, 0.1) is 5.41 Å². The molecule has 1 atom stereocenters. The third kappa shape index (κ3) is 3.94. The van der Waals surface area contributed by atoms with Crippen molar-refractivity contribution in [2.45, 2.75) is 52.4 Å². The molecule has 1 N–H and O–H groups in total. The summed E-state index contributed by atoms with van der Waals surface area (Å²) >= 11 is 0. The molecule has 2 aromatic rings. The molecule has 0 bridgehead atoms. The Kier molecular flexibility index (Phi) is 4.86. The van der Waals surface area contributed by atoms with Crippen molar-refractivity contribution in [1.29, 1.82) is 0 Å². The van der Waals surface area contributed by atoms with Gasteiger partial charge < -0.3 is 4.74 Å². The molecular formula is C21H25F3N2O2. The van der Waals surface area contributed by atoms with Gasteiger partial charge in [-0.05, 0) is 51.6 Å². The van der Waals surface area contributed by atoms with Gasteiger partial charge in [-0.3, -0.25) is 10.2 Å². The number of nitrogens with zero attached hydrogens (tertiary/aromatic N) is 1. The van der Waals surface area contributed by atoms with Gasteiger partial charge in [-0.1, -0.05) is 30.3 Å². The monoisotopic (exact) mass is 394 g/mol. The molecule has 0 aromatic heterocycles. The lowest BCUT2D eigenvalue weighted by Gasteiger charge is -2.31. The Labute approximate surface area is 162 Å². The topological polar surface area (TPSA) is 41.6 Å². The van der Waals surface area contributed by atoms with Crippen LogP contribution in [-0.4, -0.2) is 29.2 Å². The Morgan fingerprint density at radius 1 is 1.07 bits per heavy atom. The fourth-order valence-electron chi connectivity index (χ4n) is 3.46. The normalized spacial score (nSPS) is 18.9. The first kappa shape index (κ1) is 20.5. The molecule has 28 heavy (non-hydrogen) atoms. The Balaban J connectivity index is 2.14. The number of carbonyl (C=O) groups excluding carboxylic acids is 1. The van der Waals surface area contributed by atoms with Crippen LogP contribution in [0.5, 0.6) is 5.75 Å². The van der Waals surface area contributed by atoms with Crippen molar-refractivity contribution >= 4 is 16.7 Å². The quantitative estimate of drug-likeness (QED) is 0.797. The summed E-state index contributed by atoms with van der Waals surface area (Å²) in [6.45, 7) is 8.88. The van der Waals surface area contributed by atoms with Crippen LogP contribution in [0, 0.1) is 5.41 Å². The van der Waals surface area contributed by atoms with E-state index in [0.717, 1.165) is 5.01 Å². The number of amides is 1. The fraction of sp³-hybridized carbons (Fsp3) is 0.476. The highest BCUT2D eigenvalue weighted by atomic mass is 19.4. The van der Waals surface area contributed by atoms with Gasteiger partial charge in [0, 0.05) is 11.9 Å². The first-order valence-corrected chi connectivity index (χ1v) is 9.15. The van der Waals surface area contributed by atoms with Gasteiger partial charge in [0.25, 0.3) is 0 Å². The number of alkyl halides is 3. The van der Waals surface area contributed by atoms with Crippen molar-refractivity contribution in [3.05, 3.63) is 42.0 Å². The summed E-state index contributed by atoms with van der Waals surface area (Å²) in [4.78, 5) is 12.1. The highest BCUT2D eigenvalue weighted by Gasteiger charge is 2.51. The number of benzene rings is 2. The zero-order valence-corrected chi connectivity index (χ0v) is 16.6. The molecule has 1 aliphatic heterocycles. The second kappa shape index (κ2) is 6.65. The van der Waals surface area contributed by atoms with Crippen LogP contribution in [0.25, 0.3) is 10.8 Å². The molecule has 1 unspecified atom stereocenters. The van der Waals surface area contributed by atoms with Crippen molar-refractivity contribution in [3.63, 3.8) is 0 Å². The van der Waals surface area contributed by atoms with Gasteiger partial charge in [0.15, 0.2) is 6.04 Å². The van der Waals surface area contributed by atoms with E-state index in [1.54, 1.807) is 44.2 Å². The molecule has 152 valence electrons. The SMILES string of the molecule is CC(C)(C)Oc1cccc2c(C(N3CC(C)(C)C(=O)N3)C(F)(F)F)cccc12. The predicted molar refractivity (Wildman–Crippen MR) is 102 cm³/mol. The minimum atomic E-state index is -4.57. The van der Waals surface area contributed by atoms with E-state index >= 15 is 0 Å². The standard InChI is InChI=1S/C21H25F3N2O2/c1-19(2,3)28-16-11-7-8-13-14(16)9-6-10-15(13)17(21(22,23)24)26-12-20(4,5)18(27)25-26/h6-11,17H,12H2,1-5H3,(H,25,27). The number of rotatable bonds is 3. The van der Waals surface area contributed by atoms with E-state index in [1.165, 1.54) is 6.07 Å². The van der Waals surface area contributed by atoms with E-state index in [2.05, 4.69) is 5.43 Å². The molecule has 1 heterocycles. The lowest BCUT2D eigenvalue weighted by atomic mass is 9.93. The van der Waals surface area contributed by atoms with E-state index in [4.69, 9.17) is 4.74 Å². The van der Waals surface area contributed by atoms with Crippen LogP contribution in [0.4, 0.5) is 13.2 Å². The number of hydrogen-bond acceptors (Lipinski definition) is 3. The number of hydrogen-bond donors (Lipinski definition) is 1. The van der Waals surface area contributed by atoms with Gasteiger partial charge in [-0.25, -0.2) is 5.01 Å². The Morgan fingerprint density at radius 2 is 1.68 bits per heavy atom. The first-order chi connectivity index (χ1) is 12.8. The first-order valence-electron chi connectivity index (χ1n) is 9.15. The molecule has 0 saturated carbocycles. The maximum atomic E-state index is 14.1.